The Kier molecular flexibility index (Phi) is 3.13. The van der Waals surface area contributed by atoms with Crippen LogP contribution in [0.3, 0.4) is 0 Å². The van der Waals surface area contributed by atoms with Crippen molar-refractivity contribution < 1.29 is 4.74 Å². The molecule has 0 N–H and O–H groups in total. The molecule has 0 aliphatic rings. The summed E-state index contributed by atoms with van der Waals surface area (Å²) in [6.07, 6.45) is 0. The van der Waals surface area contributed by atoms with Crippen LogP contribution in [0.5, 0.6) is 5.75 Å². The smallest absolute Gasteiger partial charge is 0.134 e. The van der Waals surface area contributed by atoms with E-state index in [1.807, 2.05) is 30.3 Å². The lowest BCUT2D eigenvalue weighted by molar-refractivity contribution is 0.416. The van der Waals surface area contributed by atoms with E-state index in [1.165, 1.54) is 4.88 Å². The Hall–Kier alpha value is -1.65. The van der Waals surface area contributed by atoms with Crippen LogP contribution < -0.4 is 4.74 Å². The van der Waals surface area contributed by atoms with Gasteiger partial charge < -0.3 is 4.74 Å². The largest absolute Gasteiger partial charge is 0.496 e. The van der Waals surface area contributed by atoms with Crippen LogP contribution >= 0.6 is 22.7 Å². The number of hydrogen-bond donors (Lipinski definition) is 0. The Balaban J connectivity index is 2.03. The van der Waals surface area contributed by atoms with Gasteiger partial charge in [-0.3, -0.25) is 0 Å². The van der Waals surface area contributed by atoms with Crippen LogP contribution in [0, 0.1) is 0 Å². The molecule has 4 heteroatoms. The molecule has 3 aromatic rings. The third kappa shape index (κ3) is 2.05. The number of para-hydroxylation sites is 1. The van der Waals surface area contributed by atoms with Crippen molar-refractivity contribution >= 4 is 22.7 Å². The van der Waals surface area contributed by atoms with Gasteiger partial charge in [-0.2, -0.15) is 0 Å². The Morgan fingerprint density at radius 2 is 1.94 bits per heavy atom. The van der Waals surface area contributed by atoms with Crippen molar-refractivity contribution in [3.63, 3.8) is 0 Å². The predicted molar refractivity (Wildman–Crippen MR) is 77.4 cm³/mol. The Labute approximate surface area is 114 Å². The fourth-order valence-electron chi connectivity index (χ4n) is 1.77. The van der Waals surface area contributed by atoms with Crippen LogP contribution in [0.4, 0.5) is 0 Å². The molecule has 0 saturated carbocycles. The molecule has 0 atom stereocenters. The number of aromatic nitrogens is 1. The van der Waals surface area contributed by atoms with Gasteiger partial charge in [0.2, 0.25) is 0 Å². The highest BCUT2D eigenvalue weighted by atomic mass is 32.1. The number of hydrogen-bond acceptors (Lipinski definition) is 4. The van der Waals surface area contributed by atoms with Gasteiger partial charge in [0, 0.05) is 10.9 Å². The summed E-state index contributed by atoms with van der Waals surface area (Å²) < 4.78 is 5.37. The summed E-state index contributed by atoms with van der Waals surface area (Å²) in [4.78, 5) is 5.89. The van der Waals surface area contributed by atoms with Crippen LogP contribution in [0.25, 0.3) is 21.1 Å². The summed E-state index contributed by atoms with van der Waals surface area (Å²) >= 11 is 3.38. The highest BCUT2D eigenvalue weighted by Crippen LogP contribution is 2.34. The molecule has 0 bridgehead atoms. The van der Waals surface area contributed by atoms with Crippen LogP contribution in [0.1, 0.15) is 0 Å². The van der Waals surface area contributed by atoms with E-state index in [-0.39, 0.29) is 0 Å². The molecule has 0 amide bonds. The molecule has 2 aromatic heterocycles. The molecule has 18 heavy (non-hydrogen) atoms. The van der Waals surface area contributed by atoms with Gasteiger partial charge in [0.15, 0.2) is 0 Å². The molecule has 0 aliphatic heterocycles. The maximum absolute atomic E-state index is 5.37. The van der Waals surface area contributed by atoms with Crippen LogP contribution in [-0.2, 0) is 0 Å². The molecule has 0 fully saturated rings. The molecule has 0 unspecified atom stereocenters. The summed E-state index contributed by atoms with van der Waals surface area (Å²) in [5.74, 6) is 0.862. The molecule has 0 aliphatic carbocycles. The van der Waals surface area contributed by atoms with E-state index in [1.54, 1.807) is 29.8 Å². The number of thiazole rings is 1. The summed E-state index contributed by atoms with van der Waals surface area (Å²) in [5.41, 5.74) is 2.01. The minimum atomic E-state index is 0.862. The Bertz CT molecular complexity index is 643. The first-order chi connectivity index (χ1) is 8.88. The SMILES string of the molecule is COc1ccccc1-c1csc(-c2cccs2)n1. The number of thiophene rings is 1. The van der Waals surface area contributed by atoms with Crippen LogP contribution in [-0.4, -0.2) is 12.1 Å². The minimum Gasteiger partial charge on any atom is -0.496 e. The van der Waals surface area contributed by atoms with E-state index < -0.39 is 0 Å². The van der Waals surface area contributed by atoms with Gasteiger partial charge in [0.25, 0.3) is 0 Å². The molecule has 0 spiro atoms. The topological polar surface area (TPSA) is 22.1 Å². The molecule has 1 aromatic carbocycles. The first-order valence-corrected chi connectivity index (χ1v) is 7.27. The van der Waals surface area contributed by atoms with E-state index in [0.29, 0.717) is 0 Å². The average Bonchev–Trinajstić information content (AvgIpc) is 3.09. The van der Waals surface area contributed by atoms with Gasteiger partial charge in [-0.05, 0) is 23.6 Å². The molecule has 90 valence electrons. The van der Waals surface area contributed by atoms with E-state index in [2.05, 4.69) is 21.8 Å². The van der Waals surface area contributed by atoms with Crippen molar-refractivity contribution in [2.45, 2.75) is 0 Å². The third-order valence-electron chi connectivity index (χ3n) is 2.62. The van der Waals surface area contributed by atoms with E-state index in [0.717, 1.165) is 22.0 Å². The lowest BCUT2D eigenvalue weighted by atomic mass is 10.1. The lowest BCUT2D eigenvalue weighted by Crippen LogP contribution is -1.87. The molecule has 2 nitrogen and oxygen atoms in total. The molecular formula is C14H11NOS2. The van der Waals surface area contributed by atoms with E-state index in [9.17, 15) is 0 Å². The zero-order chi connectivity index (χ0) is 12.4. The molecular weight excluding hydrogens is 262 g/mol. The fraction of sp³-hybridized carbons (Fsp3) is 0.0714. The first-order valence-electron chi connectivity index (χ1n) is 5.51. The summed E-state index contributed by atoms with van der Waals surface area (Å²) in [7, 11) is 1.69. The Morgan fingerprint density at radius 1 is 1.06 bits per heavy atom. The van der Waals surface area contributed by atoms with Gasteiger partial charge >= 0.3 is 0 Å². The second-order valence-electron chi connectivity index (χ2n) is 3.72. The van der Waals surface area contributed by atoms with Gasteiger partial charge in [-0.15, -0.1) is 22.7 Å². The number of rotatable bonds is 3. The number of ether oxygens (including phenoxy) is 1. The zero-order valence-electron chi connectivity index (χ0n) is 9.79. The Morgan fingerprint density at radius 3 is 2.72 bits per heavy atom. The van der Waals surface area contributed by atoms with E-state index in [4.69, 9.17) is 4.74 Å². The average molecular weight is 273 g/mol. The van der Waals surface area contributed by atoms with Gasteiger partial charge in [0.1, 0.15) is 10.8 Å². The summed E-state index contributed by atoms with van der Waals surface area (Å²) in [6, 6.07) is 12.1. The van der Waals surface area contributed by atoms with Gasteiger partial charge in [-0.1, -0.05) is 18.2 Å². The van der Waals surface area contributed by atoms with Crippen molar-refractivity contribution in [3.05, 3.63) is 47.2 Å². The van der Waals surface area contributed by atoms with Crippen LogP contribution in [0.2, 0.25) is 0 Å². The molecule has 2 heterocycles. The van der Waals surface area contributed by atoms with Crippen molar-refractivity contribution in [2.75, 3.05) is 7.11 Å². The minimum absolute atomic E-state index is 0.862. The summed E-state index contributed by atoms with van der Waals surface area (Å²) in [5, 5.41) is 5.21. The quantitative estimate of drug-likeness (QED) is 0.698. The molecule has 3 rings (SSSR count). The van der Waals surface area contributed by atoms with E-state index >= 15 is 0 Å². The van der Waals surface area contributed by atoms with Crippen molar-refractivity contribution in [2.24, 2.45) is 0 Å². The highest BCUT2D eigenvalue weighted by molar-refractivity contribution is 7.20. The van der Waals surface area contributed by atoms with Crippen molar-refractivity contribution in [1.29, 1.82) is 0 Å². The maximum Gasteiger partial charge on any atom is 0.134 e. The maximum atomic E-state index is 5.37. The first kappa shape index (κ1) is 11.4. The monoisotopic (exact) mass is 273 g/mol. The predicted octanol–water partition coefficient (Wildman–Crippen LogP) is 4.55. The van der Waals surface area contributed by atoms with Crippen molar-refractivity contribution in [1.82, 2.24) is 4.98 Å². The summed E-state index contributed by atoms with van der Waals surface area (Å²) in [6.45, 7) is 0. The number of nitrogens with zero attached hydrogens (tertiary/aromatic N) is 1. The number of benzene rings is 1. The second kappa shape index (κ2) is 4.92. The normalized spacial score (nSPS) is 10.5. The fourth-order valence-corrected chi connectivity index (χ4v) is 3.40. The lowest BCUT2D eigenvalue weighted by Gasteiger charge is -2.04. The standard InChI is InChI=1S/C14H11NOS2/c1-16-12-6-3-2-5-10(12)11-9-18-14(15-11)13-7-4-8-17-13/h2-9H,1H3. The van der Waals surface area contributed by atoms with Crippen LogP contribution in [0.15, 0.2) is 47.2 Å². The van der Waals surface area contributed by atoms with Gasteiger partial charge in [-0.25, -0.2) is 4.98 Å². The molecule has 0 radical (unpaired) electrons. The second-order valence-corrected chi connectivity index (χ2v) is 5.52. The highest BCUT2D eigenvalue weighted by Gasteiger charge is 2.10. The van der Waals surface area contributed by atoms with Gasteiger partial charge in [0.05, 0.1) is 17.7 Å². The zero-order valence-corrected chi connectivity index (χ0v) is 11.4. The van der Waals surface area contributed by atoms with Crippen molar-refractivity contribution in [3.8, 4) is 26.9 Å². The third-order valence-corrected chi connectivity index (χ3v) is 4.50. The number of methoxy groups -OCH3 is 1. The molecule has 0 saturated heterocycles.